The van der Waals surface area contributed by atoms with Crippen molar-refractivity contribution in [3.8, 4) is 11.8 Å². The number of rotatable bonds is 4. The number of halogens is 2. The molecule has 0 aliphatic carbocycles. The molecule has 0 saturated heterocycles. The second-order valence-electron chi connectivity index (χ2n) is 3.27. The molecule has 0 aromatic heterocycles. The molecule has 0 aliphatic heterocycles. The summed E-state index contributed by atoms with van der Waals surface area (Å²) in [4.78, 5) is -0.0820. The Morgan fingerprint density at radius 1 is 1.28 bits per heavy atom. The summed E-state index contributed by atoms with van der Waals surface area (Å²) in [5.41, 5.74) is 5.80. The lowest BCUT2D eigenvalue weighted by Crippen LogP contribution is -2.28. The summed E-state index contributed by atoms with van der Waals surface area (Å²) < 4.78 is 48.8. The highest BCUT2D eigenvalue weighted by Gasteiger charge is 2.15. The Hall–Kier alpha value is -1.49. The highest BCUT2D eigenvalue weighted by molar-refractivity contribution is 7.89. The van der Waals surface area contributed by atoms with E-state index in [-0.39, 0.29) is 11.4 Å². The molecule has 0 spiro atoms. The van der Waals surface area contributed by atoms with E-state index in [0.717, 1.165) is 0 Å². The van der Waals surface area contributed by atoms with Crippen LogP contribution in [0.5, 0.6) is 0 Å². The first-order valence-electron chi connectivity index (χ1n) is 5.02. The number of alkyl halides is 2. The van der Waals surface area contributed by atoms with Crippen molar-refractivity contribution in [2.75, 3.05) is 13.1 Å². The van der Waals surface area contributed by atoms with E-state index in [1.807, 2.05) is 0 Å². The zero-order valence-electron chi connectivity index (χ0n) is 9.36. The van der Waals surface area contributed by atoms with E-state index in [4.69, 9.17) is 5.73 Å². The lowest BCUT2D eigenvalue weighted by molar-refractivity contribution is 0.153. The van der Waals surface area contributed by atoms with Gasteiger partial charge in [0.15, 0.2) is 0 Å². The normalized spacial score (nSPS) is 11.1. The van der Waals surface area contributed by atoms with Crippen LogP contribution in [0.3, 0.4) is 0 Å². The van der Waals surface area contributed by atoms with Crippen molar-refractivity contribution >= 4 is 10.0 Å². The Labute approximate surface area is 104 Å². The summed E-state index contributed by atoms with van der Waals surface area (Å²) in [7, 11) is -3.90. The van der Waals surface area contributed by atoms with Crippen molar-refractivity contribution in [2.45, 2.75) is 11.3 Å². The molecular formula is C11H12F2N2O2S. The minimum atomic E-state index is -3.90. The van der Waals surface area contributed by atoms with Crippen LogP contribution in [-0.4, -0.2) is 27.9 Å². The molecule has 7 heteroatoms. The van der Waals surface area contributed by atoms with Crippen molar-refractivity contribution in [2.24, 2.45) is 5.73 Å². The summed E-state index contributed by atoms with van der Waals surface area (Å²) in [6.07, 6.45) is -2.73. The summed E-state index contributed by atoms with van der Waals surface area (Å²) in [5, 5.41) is 0. The SMILES string of the molecule is NCC#Cc1ccc(S(=O)(=O)NCC(F)F)cc1. The monoisotopic (exact) mass is 274 g/mol. The summed E-state index contributed by atoms with van der Waals surface area (Å²) in [6.45, 7) is -0.701. The molecule has 0 heterocycles. The Morgan fingerprint density at radius 3 is 2.39 bits per heavy atom. The van der Waals surface area contributed by atoms with Crippen molar-refractivity contribution in [3.05, 3.63) is 29.8 Å². The van der Waals surface area contributed by atoms with Crippen LogP contribution >= 0.6 is 0 Å². The topological polar surface area (TPSA) is 72.2 Å². The summed E-state index contributed by atoms with van der Waals surface area (Å²) >= 11 is 0. The van der Waals surface area contributed by atoms with E-state index in [0.29, 0.717) is 5.56 Å². The first kappa shape index (κ1) is 14.6. The number of nitrogens with one attached hydrogen (secondary N) is 1. The van der Waals surface area contributed by atoms with Gasteiger partial charge in [0.1, 0.15) is 0 Å². The molecule has 1 aromatic carbocycles. The third-order valence-corrected chi connectivity index (χ3v) is 3.37. The average Bonchev–Trinajstić information content (AvgIpc) is 2.34. The van der Waals surface area contributed by atoms with Crippen molar-refractivity contribution in [3.63, 3.8) is 0 Å². The van der Waals surface area contributed by atoms with Gasteiger partial charge in [0, 0.05) is 5.56 Å². The van der Waals surface area contributed by atoms with E-state index in [2.05, 4.69) is 11.8 Å². The van der Waals surface area contributed by atoms with Gasteiger partial charge in [0.05, 0.1) is 18.0 Å². The molecular weight excluding hydrogens is 262 g/mol. The first-order chi connectivity index (χ1) is 8.45. The molecule has 0 radical (unpaired) electrons. The standard InChI is InChI=1S/C11H12F2N2O2S/c12-11(13)8-15-18(16,17)10-5-3-9(4-6-10)2-1-7-14/h3-6,11,15H,7-8,14H2. The first-order valence-corrected chi connectivity index (χ1v) is 6.51. The minimum absolute atomic E-state index is 0.0820. The fraction of sp³-hybridized carbons (Fsp3) is 0.273. The predicted molar refractivity (Wildman–Crippen MR) is 63.6 cm³/mol. The lowest BCUT2D eigenvalue weighted by atomic mass is 10.2. The molecule has 3 N–H and O–H groups in total. The zero-order valence-corrected chi connectivity index (χ0v) is 10.2. The molecule has 18 heavy (non-hydrogen) atoms. The van der Waals surface area contributed by atoms with Gasteiger partial charge >= 0.3 is 0 Å². The maximum Gasteiger partial charge on any atom is 0.251 e. The Morgan fingerprint density at radius 2 is 1.89 bits per heavy atom. The van der Waals surface area contributed by atoms with Crippen LogP contribution in [-0.2, 0) is 10.0 Å². The lowest BCUT2D eigenvalue weighted by Gasteiger charge is -2.05. The van der Waals surface area contributed by atoms with E-state index in [1.165, 1.54) is 24.3 Å². The van der Waals surface area contributed by atoms with Gasteiger partial charge in [-0.25, -0.2) is 21.9 Å². The molecule has 98 valence electrons. The number of benzene rings is 1. The van der Waals surface area contributed by atoms with Gasteiger partial charge in [0.25, 0.3) is 6.43 Å². The molecule has 1 aromatic rings. The molecule has 4 nitrogen and oxygen atoms in total. The maximum atomic E-state index is 11.9. The molecule has 0 amide bonds. The molecule has 1 rings (SSSR count). The molecule has 0 unspecified atom stereocenters. The van der Waals surface area contributed by atoms with Crippen LogP contribution in [0, 0.1) is 11.8 Å². The zero-order chi connectivity index (χ0) is 13.6. The van der Waals surface area contributed by atoms with Crippen LogP contribution in [0.15, 0.2) is 29.2 Å². The van der Waals surface area contributed by atoms with Crippen molar-refractivity contribution in [1.29, 1.82) is 0 Å². The number of hydrogen-bond donors (Lipinski definition) is 2. The fourth-order valence-corrected chi connectivity index (χ4v) is 2.13. The van der Waals surface area contributed by atoms with Gasteiger partial charge in [-0.3, -0.25) is 0 Å². The molecule has 0 saturated carbocycles. The largest absolute Gasteiger partial charge is 0.320 e. The van der Waals surface area contributed by atoms with Gasteiger partial charge < -0.3 is 5.73 Å². The van der Waals surface area contributed by atoms with Crippen LogP contribution in [0.1, 0.15) is 5.56 Å². The second kappa shape index (κ2) is 6.44. The van der Waals surface area contributed by atoms with E-state index >= 15 is 0 Å². The van der Waals surface area contributed by atoms with Crippen LogP contribution in [0.4, 0.5) is 8.78 Å². The van der Waals surface area contributed by atoms with Crippen LogP contribution in [0.25, 0.3) is 0 Å². The third-order valence-electron chi connectivity index (χ3n) is 1.93. The molecule has 0 aliphatic rings. The highest BCUT2D eigenvalue weighted by atomic mass is 32.2. The third kappa shape index (κ3) is 4.41. The Kier molecular flexibility index (Phi) is 5.22. The van der Waals surface area contributed by atoms with E-state index in [9.17, 15) is 17.2 Å². The average molecular weight is 274 g/mol. The van der Waals surface area contributed by atoms with Crippen LogP contribution < -0.4 is 10.5 Å². The second-order valence-corrected chi connectivity index (χ2v) is 5.04. The number of sulfonamides is 1. The highest BCUT2D eigenvalue weighted by Crippen LogP contribution is 2.10. The van der Waals surface area contributed by atoms with Crippen LogP contribution in [0.2, 0.25) is 0 Å². The predicted octanol–water partition coefficient (Wildman–Crippen LogP) is 0.540. The maximum absolute atomic E-state index is 11.9. The molecule has 0 fully saturated rings. The smallest absolute Gasteiger partial charge is 0.251 e. The van der Waals surface area contributed by atoms with Gasteiger partial charge in [0.2, 0.25) is 10.0 Å². The minimum Gasteiger partial charge on any atom is -0.320 e. The fourth-order valence-electron chi connectivity index (χ4n) is 1.13. The summed E-state index contributed by atoms with van der Waals surface area (Å²) in [5.74, 6) is 5.34. The van der Waals surface area contributed by atoms with E-state index < -0.39 is 23.0 Å². The Balaban J connectivity index is 2.84. The van der Waals surface area contributed by atoms with Gasteiger partial charge in [-0.15, -0.1) is 0 Å². The van der Waals surface area contributed by atoms with Gasteiger partial charge in [-0.05, 0) is 24.3 Å². The Bertz CT molecular complexity index is 545. The van der Waals surface area contributed by atoms with Gasteiger partial charge in [-0.1, -0.05) is 11.8 Å². The molecule has 0 bridgehead atoms. The van der Waals surface area contributed by atoms with Crippen molar-refractivity contribution < 1.29 is 17.2 Å². The number of hydrogen-bond acceptors (Lipinski definition) is 3. The summed E-state index contributed by atoms with van der Waals surface area (Å²) in [6, 6.07) is 5.57. The van der Waals surface area contributed by atoms with Crippen molar-refractivity contribution in [1.82, 2.24) is 4.72 Å². The van der Waals surface area contributed by atoms with E-state index in [1.54, 1.807) is 4.72 Å². The molecule has 0 atom stereocenters. The number of nitrogens with two attached hydrogens (primary N) is 1. The van der Waals surface area contributed by atoms with Gasteiger partial charge in [-0.2, -0.15) is 0 Å². The quantitative estimate of drug-likeness (QED) is 0.787.